The fourth-order valence-electron chi connectivity index (χ4n) is 7.08. The van der Waals surface area contributed by atoms with Crippen LogP contribution in [0.3, 0.4) is 0 Å². The van der Waals surface area contributed by atoms with Crippen molar-refractivity contribution in [2.75, 3.05) is 32.8 Å². The summed E-state index contributed by atoms with van der Waals surface area (Å²) in [5.41, 5.74) is 5.83. The molecule has 0 unspecified atom stereocenters. The molecule has 4 heterocycles. The van der Waals surface area contributed by atoms with Crippen LogP contribution < -0.4 is 21.3 Å². The quantitative estimate of drug-likeness (QED) is 0.0932. The summed E-state index contributed by atoms with van der Waals surface area (Å²) in [6.07, 6.45) is 6.17. The standard InChI is InChI=1S/C23H23FN6O4.C21H19FN6O4/c1-3-34-22(33)11-26-20(31)10-25-21(32)12-30-13-27-23-15(5-4-6-18(23)30)16-8-19-14(7-17(16)24)9-28-29(19)2;1-27-17-6-14(15(22)5-12(17)7-26-27)13-3-2-4-16-21(13)25-11-28(16)10-19(30)23-8-18(29)24-9-20(31)32/h4-9,13H,3,10-12H2,1-2H3,(H,25,32)(H,26,31);2-7,11H,8-10H2,1H3,(H,23,30)(H,24,29)(H,31,32). The van der Waals surface area contributed by atoms with E-state index in [9.17, 15) is 37.5 Å². The molecular weight excluding hydrogens is 863 g/mol. The molecule has 0 aliphatic rings. The largest absolute Gasteiger partial charge is 0.480 e. The number of halogens is 2. The van der Waals surface area contributed by atoms with Crippen molar-refractivity contribution in [1.29, 1.82) is 0 Å². The van der Waals surface area contributed by atoms with E-state index in [1.54, 1.807) is 100 Å². The zero-order chi connectivity index (χ0) is 47.1. The summed E-state index contributed by atoms with van der Waals surface area (Å²) in [4.78, 5) is 78.5. The third-order valence-corrected chi connectivity index (χ3v) is 10.2. The van der Waals surface area contributed by atoms with E-state index in [4.69, 9.17) is 9.84 Å². The first-order valence-corrected chi connectivity index (χ1v) is 20.3. The van der Waals surface area contributed by atoms with Crippen molar-refractivity contribution in [3.8, 4) is 22.3 Å². The van der Waals surface area contributed by atoms with Gasteiger partial charge in [-0.25, -0.2) is 18.7 Å². The van der Waals surface area contributed by atoms with Gasteiger partial charge < -0.3 is 40.2 Å². The van der Waals surface area contributed by atoms with Crippen LogP contribution in [0.25, 0.3) is 66.1 Å². The number of fused-ring (bicyclic) bond motifs is 4. The molecule has 5 N–H and O–H groups in total. The Kier molecular flexibility index (Phi) is 13.7. The van der Waals surface area contributed by atoms with Crippen molar-refractivity contribution in [2.24, 2.45) is 14.1 Å². The second-order valence-electron chi connectivity index (χ2n) is 14.7. The predicted molar refractivity (Wildman–Crippen MR) is 235 cm³/mol. The van der Waals surface area contributed by atoms with Crippen LogP contribution in [-0.4, -0.2) is 112 Å². The summed E-state index contributed by atoms with van der Waals surface area (Å²) >= 11 is 0. The number of carboxylic acid groups (broad SMARTS) is 1. The zero-order valence-electron chi connectivity index (χ0n) is 35.7. The van der Waals surface area contributed by atoms with Gasteiger partial charge in [0.15, 0.2) is 0 Å². The first-order valence-electron chi connectivity index (χ1n) is 20.3. The van der Waals surface area contributed by atoms with Crippen LogP contribution in [0.5, 0.6) is 0 Å². The molecule has 66 heavy (non-hydrogen) atoms. The van der Waals surface area contributed by atoms with Gasteiger partial charge in [0.25, 0.3) is 0 Å². The van der Waals surface area contributed by atoms with Gasteiger partial charge in [-0.1, -0.05) is 24.3 Å². The van der Waals surface area contributed by atoms with Gasteiger partial charge in [-0.05, 0) is 43.3 Å². The maximum absolute atomic E-state index is 14.9. The Labute approximate surface area is 372 Å². The number of carbonyl (C=O) groups is 6. The van der Waals surface area contributed by atoms with Crippen molar-refractivity contribution in [1.82, 2.24) is 59.9 Å². The Morgan fingerprint density at radius 3 is 1.47 bits per heavy atom. The molecule has 0 fully saturated rings. The lowest BCUT2D eigenvalue weighted by molar-refractivity contribution is -0.143. The second-order valence-corrected chi connectivity index (χ2v) is 14.7. The van der Waals surface area contributed by atoms with Gasteiger partial charge in [-0.3, -0.25) is 38.1 Å². The fraction of sp³-hybridized carbons (Fsp3) is 0.227. The van der Waals surface area contributed by atoms with Crippen molar-refractivity contribution >= 4 is 79.4 Å². The van der Waals surface area contributed by atoms with Gasteiger partial charge in [-0.15, -0.1) is 0 Å². The number of aromatic nitrogens is 8. The number of carbonyl (C=O) groups excluding carboxylic acids is 5. The number of esters is 1. The molecule has 8 aromatic rings. The fourth-order valence-corrected chi connectivity index (χ4v) is 7.08. The molecule has 20 nitrogen and oxygen atoms in total. The average Bonchev–Trinajstić information content (AvgIpc) is 4.09. The van der Waals surface area contributed by atoms with E-state index in [-0.39, 0.29) is 39.3 Å². The van der Waals surface area contributed by atoms with Gasteiger partial charge in [-0.2, -0.15) is 10.2 Å². The van der Waals surface area contributed by atoms with E-state index in [1.165, 1.54) is 24.8 Å². The van der Waals surface area contributed by atoms with Gasteiger partial charge in [0.1, 0.15) is 37.8 Å². The third-order valence-electron chi connectivity index (χ3n) is 10.2. The summed E-state index contributed by atoms with van der Waals surface area (Å²) in [6, 6.07) is 16.9. The van der Waals surface area contributed by atoms with Gasteiger partial charge in [0.05, 0.1) is 77.8 Å². The number of rotatable bonds is 15. The minimum absolute atomic E-state index is 0.0889. The van der Waals surface area contributed by atoms with E-state index in [2.05, 4.69) is 41.4 Å². The van der Waals surface area contributed by atoms with E-state index in [1.807, 2.05) is 0 Å². The number of aliphatic carboxylic acids is 1. The van der Waals surface area contributed by atoms with E-state index in [0.717, 1.165) is 11.0 Å². The number of aryl methyl sites for hydroxylation is 2. The normalized spacial score (nSPS) is 11.0. The SMILES string of the molecule is CCOC(=O)CNC(=O)CNC(=O)Cn1cnc2c(-c3cc4c(cnn4C)cc3F)cccc21.Cn1ncc2cc(F)c(-c3cccc4c3ncn4CC(=O)NCC(=O)NCC(=O)O)cc21. The number of nitrogens with one attached hydrogen (secondary N) is 4. The van der Waals surface area contributed by atoms with Crippen LogP contribution in [0.2, 0.25) is 0 Å². The zero-order valence-corrected chi connectivity index (χ0v) is 35.7. The molecule has 0 atom stereocenters. The second kappa shape index (κ2) is 19.9. The predicted octanol–water partition coefficient (Wildman–Crippen LogP) is 2.57. The Balaban J connectivity index is 0.000000197. The lowest BCUT2D eigenvalue weighted by Gasteiger charge is -2.09. The maximum Gasteiger partial charge on any atom is 0.325 e. The third kappa shape index (κ3) is 10.3. The molecule has 4 amide bonds. The molecular formula is C44H42F2N12O8. The Morgan fingerprint density at radius 2 is 1.03 bits per heavy atom. The first kappa shape index (κ1) is 45.5. The molecule has 0 radical (unpaired) electrons. The summed E-state index contributed by atoms with van der Waals surface area (Å²) < 4.78 is 41.0. The molecule has 8 rings (SSSR count). The van der Waals surface area contributed by atoms with Gasteiger partial charge >= 0.3 is 11.9 Å². The number of benzene rings is 4. The molecule has 0 bridgehead atoms. The molecule has 0 aliphatic carbocycles. The van der Waals surface area contributed by atoms with Crippen molar-refractivity contribution in [2.45, 2.75) is 20.0 Å². The Morgan fingerprint density at radius 1 is 0.591 bits per heavy atom. The molecule has 0 saturated carbocycles. The van der Waals surface area contributed by atoms with Crippen molar-refractivity contribution in [3.05, 3.63) is 97.3 Å². The minimum atomic E-state index is -1.18. The average molecular weight is 905 g/mol. The van der Waals surface area contributed by atoms with E-state index >= 15 is 0 Å². The highest BCUT2D eigenvalue weighted by atomic mass is 19.1. The van der Waals surface area contributed by atoms with Crippen LogP contribution in [0, 0.1) is 11.6 Å². The molecule has 0 saturated heterocycles. The number of carboxylic acids is 1. The molecule has 4 aromatic carbocycles. The van der Waals surface area contributed by atoms with Gasteiger partial charge in [0, 0.05) is 47.1 Å². The summed E-state index contributed by atoms with van der Waals surface area (Å²) in [6.45, 7) is 0.258. The molecule has 0 aliphatic heterocycles. The number of ether oxygens (including phenoxy) is 1. The lowest BCUT2D eigenvalue weighted by atomic mass is 10.0. The number of imidazole rings is 2. The van der Waals surface area contributed by atoms with Crippen LogP contribution in [0.15, 0.2) is 85.7 Å². The highest BCUT2D eigenvalue weighted by Gasteiger charge is 2.19. The summed E-state index contributed by atoms with van der Waals surface area (Å²) in [5.74, 6) is -4.53. The Hall–Kier alpha value is -8.56. The van der Waals surface area contributed by atoms with E-state index in [0.29, 0.717) is 55.1 Å². The number of hydrogen-bond donors (Lipinski definition) is 5. The van der Waals surface area contributed by atoms with Crippen LogP contribution in [0.1, 0.15) is 6.92 Å². The Bertz CT molecular complexity index is 3170. The molecule has 22 heteroatoms. The van der Waals surface area contributed by atoms with E-state index < -0.39 is 53.7 Å². The summed E-state index contributed by atoms with van der Waals surface area (Å²) in [7, 11) is 3.56. The smallest absolute Gasteiger partial charge is 0.325 e. The van der Waals surface area contributed by atoms with Crippen LogP contribution in [-0.2, 0) is 60.7 Å². The highest BCUT2D eigenvalue weighted by Crippen LogP contribution is 2.34. The van der Waals surface area contributed by atoms with Gasteiger partial charge in [0.2, 0.25) is 23.6 Å². The number of nitrogens with zero attached hydrogens (tertiary/aromatic N) is 8. The molecule has 4 aromatic heterocycles. The van der Waals surface area contributed by atoms with Crippen LogP contribution >= 0.6 is 0 Å². The maximum atomic E-state index is 14.9. The number of hydrogen-bond acceptors (Lipinski definition) is 11. The first-order chi connectivity index (χ1) is 31.7. The topological polar surface area (TPSA) is 251 Å². The molecule has 0 spiro atoms. The number of amides is 4. The summed E-state index contributed by atoms with van der Waals surface area (Å²) in [5, 5.41) is 27.7. The highest BCUT2D eigenvalue weighted by molar-refractivity contribution is 5.97. The number of para-hydroxylation sites is 2. The van der Waals surface area contributed by atoms with Crippen molar-refractivity contribution in [3.63, 3.8) is 0 Å². The van der Waals surface area contributed by atoms with Crippen molar-refractivity contribution < 1.29 is 47.4 Å². The van der Waals surface area contributed by atoms with Crippen LogP contribution in [0.4, 0.5) is 8.78 Å². The minimum Gasteiger partial charge on any atom is -0.480 e. The molecule has 340 valence electrons. The lowest BCUT2D eigenvalue weighted by Crippen LogP contribution is -2.40. The monoisotopic (exact) mass is 904 g/mol.